The van der Waals surface area contributed by atoms with Crippen LogP contribution >= 0.6 is 0 Å². The summed E-state index contributed by atoms with van der Waals surface area (Å²) in [6.45, 7) is 5.71. The average molecular weight is 311 g/mol. The average Bonchev–Trinajstić information content (AvgIpc) is 3.25. The van der Waals surface area contributed by atoms with Gasteiger partial charge in [0.2, 0.25) is 0 Å². The number of fused-ring (bicyclic) bond motifs is 1. The van der Waals surface area contributed by atoms with Crippen LogP contribution in [0.3, 0.4) is 0 Å². The number of hydrogen-bond acceptors (Lipinski definition) is 5. The minimum absolute atomic E-state index is 0.852. The van der Waals surface area contributed by atoms with Gasteiger partial charge >= 0.3 is 0 Å². The Morgan fingerprint density at radius 2 is 1.96 bits per heavy atom. The zero-order chi connectivity index (χ0) is 15.5. The van der Waals surface area contributed by atoms with Crippen molar-refractivity contribution < 1.29 is 0 Å². The highest BCUT2D eigenvalue weighted by Gasteiger charge is 2.10. The molecule has 0 unspecified atom stereocenters. The number of aromatic nitrogens is 5. The quantitative estimate of drug-likeness (QED) is 0.735. The molecule has 0 amide bonds. The molecule has 4 rings (SSSR count). The normalized spacial score (nSPS) is 16.2. The van der Waals surface area contributed by atoms with Gasteiger partial charge in [0, 0.05) is 37.8 Å². The molecule has 23 heavy (non-hydrogen) atoms. The second kappa shape index (κ2) is 6.47. The molecule has 0 aromatic carbocycles. The molecule has 3 aromatic heterocycles. The first-order valence-electron chi connectivity index (χ1n) is 8.14. The molecule has 0 saturated carbocycles. The van der Waals surface area contributed by atoms with Gasteiger partial charge in [-0.25, -0.2) is 4.98 Å². The number of pyridine rings is 1. The van der Waals surface area contributed by atoms with Crippen molar-refractivity contribution in [2.45, 2.75) is 12.8 Å². The van der Waals surface area contributed by atoms with Crippen LogP contribution in [0.4, 0.5) is 0 Å². The number of aromatic amines is 1. The van der Waals surface area contributed by atoms with Crippen LogP contribution in [0, 0.1) is 0 Å². The predicted octanol–water partition coefficient (Wildman–Crippen LogP) is 0.981. The monoisotopic (exact) mass is 311 g/mol. The lowest BCUT2D eigenvalue weighted by molar-refractivity contribution is 0.238. The van der Waals surface area contributed by atoms with E-state index in [4.69, 9.17) is 0 Å². The smallest absolute Gasteiger partial charge is 0.139 e. The van der Waals surface area contributed by atoms with Gasteiger partial charge in [0.25, 0.3) is 0 Å². The summed E-state index contributed by atoms with van der Waals surface area (Å²) in [5.74, 6) is 0.852. The van der Waals surface area contributed by atoms with Gasteiger partial charge in [-0.1, -0.05) is 0 Å². The predicted molar refractivity (Wildman–Crippen MR) is 88.6 cm³/mol. The molecule has 1 saturated heterocycles. The fraction of sp³-hybridized carbons (Fsp3) is 0.438. The molecule has 0 spiro atoms. The standard InChI is InChI=1S/C16H21N7/c1(5-22-6-3-17-4-7-22)2-13-9-18-15-10-19-16(8-14(13)15)23-11-20-21-12-23/h8-12,17-18H,1-7H2. The van der Waals surface area contributed by atoms with Crippen molar-refractivity contribution in [1.29, 1.82) is 0 Å². The van der Waals surface area contributed by atoms with E-state index in [1.807, 2.05) is 10.8 Å². The van der Waals surface area contributed by atoms with E-state index in [1.54, 1.807) is 12.7 Å². The first-order chi connectivity index (χ1) is 11.4. The van der Waals surface area contributed by atoms with Crippen molar-refractivity contribution in [2.24, 2.45) is 0 Å². The Bertz CT molecular complexity index is 756. The molecule has 0 radical (unpaired) electrons. The molecule has 120 valence electrons. The van der Waals surface area contributed by atoms with Gasteiger partial charge in [-0.3, -0.25) is 4.57 Å². The van der Waals surface area contributed by atoms with Crippen molar-refractivity contribution >= 4 is 10.9 Å². The molecule has 0 atom stereocenters. The molecule has 1 aliphatic heterocycles. The Morgan fingerprint density at radius 1 is 1.13 bits per heavy atom. The number of aryl methyl sites for hydroxylation is 1. The van der Waals surface area contributed by atoms with Crippen molar-refractivity contribution in [1.82, 2.24) is 34.9 Å². The summed E-state index contributed by atoms with van der Waals surface area (Å²) in [4.78, 5) is 10.3. The number of piperazine rings is 1. The lowest BCUT2D eigenvalue weighted by atomic mass is 10.1. The van der Waals surface area contributed by atoms with Gasteiger partial charge in [-0.15, -0.1) is 10.2 Å². The molecule has 0 aliphatic carbocycles. The fourth-order valence-electron chi connectivity index (χ4n) is 3.16. The first-order valence-corrected chi connectivity index (χ1v) is 8.14. The van der Waals surface area contributed by atoms with Crippen LogP contribution in [-0.4, -0.2) is 62.4 Å². The van der Waals surface area contributed by atoms with Gasteiger partial charge in [-0.2, -0.15) is 0 Å². The van der Waals surface area contributed by atoms with E-state index in [0.717, 1.165) is 50.5 Å². The Kier molecular flexibility index (Phi) is 4.04. The van der Waals surface area contributed by atoms with Crippen LogP contribution in [0.15, 0.2) is 31.1 Å². The third kappa shape index (κ3) is 3.11. The minimum Gasteiger partial charge on any atom is -0.360 e. The van der Waals surface area contributed by atoms with E-state index in [0.29, 0.717) is 0 Å². The van der Waals surface area contributed by atoms with E-state index in [9.17, 15) is 0 Å². The van der Waals surface area contributed by atoms with E-state index in [-0.39, 0.29) is 0 Å². The fourth-order valence-corrected chi connectivity index (χ4v) is 3.16. The summed E-state index contributed by atoms with van der Waals surface area (Å²) in [6.07, 6.45) is 9.59. The maximum atomic E-state index is 4.45. The highest BCUT2D eigenvalue weighted by molar-refractivity contribution is 5.83. The van der Waals surface area contributed by atoms with Gasteiger partial charge in [0.15, 0.2) is 0 Å². The summed E-state index contributed by atoms with van der Waals surface area (Å²) in [7, 11) is 0. The number of hydrogen-bond donors (Lipinski definition) is 2. The van der Waals surface area contributed by atoms with E-state index < -0.39 is 0 Å². The third-order valence-electron chi connectivity index (χ3n) is 4.45. The summed E-state index contributed by atoms with van der Waals surface area (Å²) in [6, 6.07) is 2.11. The van der Waals surface area contributed by atoms with Gasteiger partial charge in [0.1, 0.15) is 18.5 Å². The summed E-state index contributed by atoms with van der Waals surface area (Å²) in [5, 5.41) is 12.3. The van der Waals surface area contributed by atoms with E-state index in [2.05, 4.69) is 42.6 Å². The number of nitrogens with zero attached hydrogens (tertiary/aromatic N) is 5. The number of H-pyrrole nitrogens is 1. The van der Waals surface area contributed by atoms with Crippen LogP contribution in [0.2, 0.25) is 0 Å². The zero-order valence-electron chi connectivity index (χ0n) is 13.1. The molecule has 3 aromatic rings. The molecule has 1 aliphatic rings. The Labute approximate surface area is 134 Å². The highest BCUT2D eigenvalue weighted by Crippen LogP contribution is 2.21. The molecular weight excluding hydrogens is 290 g/mol. The van der Waals surface area contributed by atoms with Gasteiger partial charge in [0.05, 0.1) is 11.7 Å². The maximum absolute atomic E-state index is 4.45. The first kappa shape index (κ1) is 14.3. The van der Waals surface area contributed by atoms with Crippen LogP contribution in [0.1, 0.15) is 12.0 Å². The van der Waals surface area contributed by atoms with Crippen molar-refractivity contribution in [3.05, 3.63) is 36.7 Å². The lowest BCUT2D eigenvalue weighted by Crippen LogP contribution is -2.43. The highest BCUT2D eigenvalue weighted by atomic mass is 15.2. The van der Waals surface area contributed by atoms with Gasteiger partial charge < -0.3 is 15.2 Å². The van der Waals surface area contributed by atoms with Crippen LogP contribution < -0.4 is 5.32 Å². The SMILES string of the molecule is c1[nH]c2cnc(-n3cnnc3)cc2c1CCCN1CCNCC1. The lowest BCUT2D eigenvalue weighted by Gasteiger charge is -2.26. The maximum Gasteiger partial charge on any atom is 0.139 e. The van der Waals surface area contributed by atoms with Crippen molar-refractivity contribution in [3.8, 4) is 5.82 Å². The Balaban J connectivity index is 1.47. The zero-order valence-corrected chi connectivity index (χ0v) is 13.1. The topological polar surface area (TPSA) is 74.7 Å². The largest absolute Gasteiger partial charge is 0.360 e. The van der Waals surface area contributed by atoms with Crippen LogP contribution in [0.5, 0.6) is 0 Å². The van der Waals surface area contributed by atoms with E-state index in [1.165, 1.54) is 17.4 Å². The Hall–Kier alpha value is -2.25. The Morgan fingerprint density at radius 3 is 2.78 bits per heavy atom. The second-order valence-electron chi connectivity index (χ2n) is 5.97. The third-order valence-corrected chi connectivity index (χ3v) is 4.45. The van der Waals surface area contributed by atoms with E-state index >= 15 is 0 Å². The molecule has 1 fully saturated rings. The molecular formula is C16H21N7. The molecule has 2 N–H and O–H groups in total. The number of rotatable bonds is 5. The summed E-state index contributed by atoms with van der Waals surface area (Å²) >= 11 is 0. The second-order valence-corrected chi connectivity index (χ2v) is 5.97. The molecule has 4 heterocycles. The molecule has 7 heteroatoms. The molecule has 0 bridgehead atoms. The van der Waals surface area contributed by atoms with Crippen LogP contribution in [-0.2, 0) is 6.42 Å². The van der Waals surface area contributed by atoms with Crippen LogP contribution in [0.25, 0.3) is 16.7 Å². The molecule has 7 nitrogen and oxygen atoms in total. The van der Waals surface area contributed by atoms with Crippen molar-refractivity contribution in [2.75, 3.05) is 32.7 Å². The number of nitrogens with one attached hydrogen (secondary N) is 2. The summed E-state index contributed by atoms with van der Waals surface area (Å²) in [5.41, 5.74) is 2.44. The van der Waals surface area contributed by atoms with Gasteiger partial charge in [-0.05, 0) is 31.0 Å². The van der Waals surface area contributed by atoms with Crippen molar-refractivity contribution in [3.63, 3.8) is 0 Å². The minimum atomic E-state index is 0.852. The summed E-state index contributed by atoms with van der Waals surface area (Å²) < 4.78 is 1.83.